The van der Waals surface area contributed by atoms with Crippen molar-refractivity contribution in [1.29, 1.82) is 0 Å². The summed E-state index contributed by atoms with van der Waals surface area (Å²) in [4.78, 5) is 25.5. The highest BCUT2D eigenvalue weighted by atomic mass is 16.4. The number of hydrogen-bond donors (Lipinski definition) is 1. The van der Waals surface area contributed by atoms with Gasteiger partial charge in [0.2, 0.25) is 0 Å². The molecule has 0 bridgehead atoms. The number of likely N-dealkylation sites (tertiary alicyclic amines) is 1. The molecule has 1 atom stereocenters. The predicted molar refractivity (Wildman–Crippen MR) is 87.3 cm³/mol. The highest BCUT2D eigenvalue weighted by Crippen LogP contribution is 2.24. The summed E-state index contributed by atoms with van der Waals surface area (Å²) in [5, 5.41) is 13.2. The number of rotatable bonds is 7. The number of aliphatic carboxylic acids is 1. The second-order valence-corrected chi connectivity index (χ2v) is 6.32. The molecule has 1 amide bonds. The first-order valence-corrected chi connectivity index (χ1v) is 8.61. The van der Waals surface area contributed by atoms with Crippen molar-refractivity contribution in [3.8, 4) is 0 Å². The number of carbonyl (C=O) groups is 2. The Bertz CT molecular complexity index is 537. The first-order valence-electron chi connectivity index (χ1n) is 8.61. The van der Waals surface area contributed by atoms with Crippen molar-refractivity contribution in [2.45, 2.75) is 58.4 Å². The van der Waals surface area contributed by atoms with E-state index >= 15 is 0 Å². The molecule has 2 rings (SSSR count). The summed E-state index contributed by atoms with van der Waals surface area (Å²) >= 11 is 0. The third kappa shape index (κ3) is 4.33. The molecule has 1 aromatic rings. The lowest BCUT2D eigenvalue weighted by Crippen LogP contribution is -2.41. The van der Waals surface area contributed by atoms with Crippen LogP contribution in [0.5, 0.6) is 0 Å². The first kappa shape index (κ1) is 17.5. The molecule has 23 heavy (non-hydrogen) atoms. The number of hydrogen-bond acceptors (Lipinski definition) is 3. The van der Waals surface area contributed by atoms with Gasteiger partial charge in [-0.05, 0) is 44.1 Å². The largest absolute Gasteiger partial charge is 0.481 e. The molecule has 1 N–H and O–H groups in total. The van der Waals surface area contributed by atoms with E-state index in [0.29, 0.717) is 18.7 Å². The van der Waals surface area contributed by atoms with Crippen LogP contribution in [0.25, 0.3) is 0 Å². The minimum absolute atomic E-state index is 0.0226. The van der Waals surface area contributed by atoms with E-state index in [0.717, 1.165) is 32.2 Å². The Labute approximate surface area is 137 Å². The van der Waals surface area contributed by atoms with Crippen LogP contribution in [-0.4, -0.2) is 44.8 Å². The summed E-state index contributed by atoms with van der Waals surface area (Å²) in [5.41, 5.74) is 0.651. The van der Waals surface area contributed by atoms with E-state index in [9.17, 15) is 9.59 Å². The highest BCUT2D eigenvalue weighted by Gasteiger charge is 2.27. The van der Waals surface area contributed by atoms with Gasteiger partial charge in [0.25, 0.3) is 5.91 Å². The summed E-state index contributed by atoms with van der Waals surface area (Å²) in [6.45, 7) is 5.61. The third-order valence-electron chi connectivity index (χ3n) is 4.75. The van der Waals surface area contributed by atoms with Crippen LogP contribution < -0.4 is 0 Å². The van der Waals surface area contributed by atoms with Crippen molar-refractivity contribution < 1.29 is 14.7 Å². The van der Waals surface area contributed by atoms with Gasteiger partial charge in [0.15, 0.2) is 0 Å². The van der Waals surface area contributed by atoms with Gasteiger partial charge in [0.1, 0.15) is 5.69 Å². The number of amides is 1. The Hall–Kier alpha value is -1.85. The quantitative estimate of drug-likeness (QED) is 0.837. The van der Waals surface area contributed by atoms with Gasteiger partial charge in [-0.15, -0.1) is 0 Å². The van der Waals surface area contributed by atoms with Crippen LogP contribution in [-0.2, 0) is 4.79 Å². The van der Waals surface area contributed by atoms with Gasteiger partial charge in [0, 0.05) is 25.7 Å². The van der Waals surface area contributed by atoms with Crippen molar-refractivity contribution in [2.24, 2.45) is 5.92 Å². The maximum atomic E-state index is 12.9. The number of carboxylic acids is 1. The van der Waals surface area contributed by atoms with E-state index in [4.69, 9.17) is 5.11 Å². The molecule has 6 heteroatoms. The van der Waals surface area contributed by atoms with E-state index in [1.54, 1.807) is 12.3 Å². The highest BCUT2D eigenvalue weighted by molar-refractivity contribution is 5.92. The molecule has 6 nitrogen and oxygen atoms in total. The van der Waals surface area contributed by atoms with E-state index in [1.807, 2.05) is 9.58 Å². The number of piperidine rings is 1. The number of carboxylic acid groups (broad SMARTS) is 1. The average molecular weight is 321 g/mol. The van der Waals surface area contributed by atoms with Crippen LogP contribution in [0.1, 0.15) is 68.9 Å². The SMILES string of the molecule is CCC(CC)n1nccc1C(=O)N1CCC[C@@H](CCC(=O)O)C1. The Morgan fingerprint density at radius 3 is 2.78 bits per heavy atom. The van der Waals surface area contributed by atoms with Crippen LogP contribution in [0.2, 0.25) is 0 Å². The van der Waals surface area contributed by atoms with Gasteiger partial charge in [-0.2, -0.15) is 5.10 Å². The second-order valence-electron chi connectivity index (χ2n) is 6.32. The molecule has 0 aromatic carbocycles. The van der Waals surface area contributed by atoms with Crippen LogP contribution in [0, 0.1) is 5.92 Å². The minimum atomic E-state index is -0.764. The lowest BCUT2D eigenvalue weighted by Gasteiger charge is -2.33. The standard InChI is InChI=1S/C17H27N3O3/c1-3-14(4-2)20-15(9-10-18-20)17(23)19-11-5-6-13(12-19)7-8-16(21)22/h9-10,13-14H,3-8,11-12H2,1-2H3,(H,21,22)/t13-/m0/s1. The topological polar surface area (TPSA) is 75.4 Å². The van der Waals surface area contributed by atoms with Gasteiger partial charge in [0.05, 0.1) is 6.04 Å². The minimum Gasteiger partial charge on any atom is -0.481 e. The molecule has 0 radical (unpaired) electrons. The fourth-order valence-electron chi connectivity index (χ4n) is 3.38. The molecule has 0 unspecified atom stereocenters. The van der Waals surface area contributed by atoms with Crippen molar-refractivity contribution >= 4 is 11.9 Å². The van der Waals surface area contributed by atoms with Crippen molar-refractivity contribution in [1.82, 2.24) is 14.7 Å². The number of nitrogens with zero attached hydrogens (tertiary/aromatic N) is 3. The van der Waals surface area contributed by atoms with E-state index < -0.39 is 5.97 Å². The lowest BCUT2D eigenvalue weighted by molar-refractivity contribution is -0.137. The molecule has 1 fully saturated rings. The smallest absolute Gasteiger partial charge is 0.303 e. The van der Waals surface area contributed by atoms with Gasteiger partial charge in [-0.1, -0.05) is 13.8 Å². The Kier molecular flexibility index (Phi) is 6.19. The molecule has 0 aliphatic carbocycles. The van der Waals surface area contributed by atoms with Crippen LogP contribution in [0.4, 0.5) is 0 Å². The summed E-state index contributed by atoms with van der Waals surface area (Å²) < 4.78 is 1.85. The Morgan fingerprint density at radius 1 is 1.39 bits per heavy atom. The van der Waals surface area contributed by atoms with Crippen LogP contribution >= 0.6 is 0 Å². The molecular weight excluding hydrogens is 294 g/mol. The van der Waals surface area contributed by atoms with Crippen molar-refractivity contribution in [2.75, 3.05) is 13.1 Å². The molecule has 1 aromatic heterocycles. The van der Waals surface area contributed by atoms with Crippen LogP contribution in [0.3, 0.4) is 0 Å². The first-order chi connectivity index (χ1) is 11.1. The molecule has 2 heterocycles. The van der Waals surface area contributed by atoms with Crippen molar-refractivity contribution in [3.63, 3.8) is 0 Å². The van der Waals surface area contributed by atoms with Gasteiger partial charge in [-0.3, -0.25) is 14.3 Å². The molecule has 1 saturated heterocycles. The Balaban J connectivity index is 2.05. The summed E-state index contributed by atoms with van der Waals surface area (Å²) in [5.74, 6) is -0.456. The molecule has 0 saturated carbocycles. The third-order valence-corrected chi connectivity index (χ3v) is 4.75. The zero-order valence-electron chi connectivity index (χ0n) is 14.1. The van der Waals surface area contributed by atoms with Gasteiger partial charge in [-0.25, -0.2) is 0 Å². The van der Waals surface area contributed by atoms with Gasteiger partial charge >= 0.3 is 5.97 Å². The molecule has 0 spiro atoms. The molecule has 1 aliphatic rings. The summed E-state index contributed by atoms with van der Waals surface area (Å²) in [7, 11) is 0. The van der Waals surface area contributed by atoms with Crippen LogP contribution in [0.15, 0.2) is 12.3 Å². The fourth-order valence-corrected chi connectivity index (χ4v) is 3.38. The number of aromatic nitrogens is 2. The maximum Gasteiger partial charge on any atom is 0.303 e. The van der Waals surface area contributed by atoms with E-state index in [-0.39, 0.29) is 24.3 Å². The van der Waals surface area contributed by atoms with Gasteiger partial charge < -0.3 is 10.0 Å². The second kappa shape index (κ2) is 8.13. The molecular formula is C17H27N3O3. The number of carbonyl (C=O) groups excluding carboxylic acids is 1. The predicted octanol–water partition coefficient (Wildman–Crippen LogP) is 2.96. The fraction of sp³-hybridized carbons (Fsp3) is 0.706. The lowest BCUT2D eigenvalue weighted by atomic mass is 9.93. The summed E-state index contributed by atoms with van der Waals surface area (Å²) in [6, 6.07) is 2.04. The zero-order valence-corrected chi connectivity index (χ0v) is 14.1. The monoisotopic (exact) mass is 321 g/mol. The van der Waals surface area contributed by atoms with E-state index in [1.165, 1.54) is 0 Å². The summed E-state index contributed by atoms with van der Waals surface area (Å²) in [6.07, 6.45) is 6.35. The normalized spacial score (nSPS) is 18.4. The van der Waals surface area contributed by atoms with Crippen molar-refractivity contribution in [3.05, 3.63) is 18.0 Å². The maximum absolute atomic E-state index is 12.9. The molecule has 128 valence electrons. The molecule has 1 aliphatic heterocycles. The Morgan fingerprint density at radius 2 is 2.13 bits per heavy atom. The average Bonchev–Trinajstić information content (AvgIpc) is 3.03. The van der Waals surface area contributed by atoms with E-state index in [2.05, 4.69) is 18.9 Å². The zero-order chi connectivity index (χ0) is 16.8.